The molecule has 0 aliphatic carbocycles. The predicted molar refractivity (Wildman–Crippen MR) is 98.2 cm³/mol. The fourth-order valence-corrected chi connectivity index (χ4v) is 2.63. The second-order valence-electron chi connectivity index (χ2n) is 5.84. The zero-order valence-corrected chi connectivity index (χ0v) is 14.4. The van der Waals surface area contributed by atoms with Crippen LogP contribution in [0, 0.1) is 5.82 Å². The molecule has 0 spiro atoms. The van der Waals surface area contributed by atoms with Gasteiger partial charge in [-0.05, 0) is 29.3 Å². The summed E-state index contributed by atoms with van der Waals surface area (Å²) < 4.78 is 24.9. The number of carbonyl (C=O) groups is 1. The lowest BCUT2D eigenvalue weighted by Gasteiger charge is -2.09. The normalized spacial score (nSPS) is 10.4. The Labute approximate surface area is 152 Å². The van der Waals surface area contributed by atoms with Crippen LogP contribution >= 0.6 is 0 Å². The first-order valence-electron chi connectivity index (χ1n) is 8.29. The number of halogens is 1. The molecule has 0 amide bonds. The molecule has 3 nitrogen and oxygen atoms in total. The third kappa shape index (κ3) is 4.28. The second-order valence-corrected chi connectivity index (χ2v) is 5.84. The van der Waals surface area contributed by atoms with Gasteiger partial charge in [-0.15, -0.1) is 0 Å². The van der Waals surface area contributed by atoms with Crippen LogP contribution in [0.25, 0.3) is 0 Å². The molecule has 0 fully saturated rings. The van der Waals surface area contributed by atoms with Gasteiger partial charge in [-0.25, -0.2) is 4.39 Å². The smallest absolute Gasteiger partial charge is 0.168 e. The minimum Gasteiger partial charge on any atom is -0.494 e. The van der Waals surface area contributed by atoms with Crippen molar-refractivity contribution >= 4 is 5.78 Å². The van der Waals surface area contributed by atoms with Gasteiger partial charge in [-0.1, -0.05) is 54.6 Å². The molecule has 4 heteroatoms. The molecule has 0 aliphatic rings. The number of hydrogen-bond acceptors (Lipinski definition) is 3. The summed E-state index contributed by atoms with van der Waals surface area (Å²) in [7, 11) is 1.40. The number of carbonyl (C=O) groups excluding carboxylic acids is 1. The van der Waals surface area contributed by atoms with Crippen molar-refractivity contribution in [2.45, 2.75) is 13.0 Å². The van der Waals surface area contributed by atoms with E-state index in [-0.39, 0.29) is 18.0 Å². The monoisotopic (exact) mass is 350 g/mol. The highest BCUT2D eigenvalue weighted by atomic mass is 19.1. The molecule has 3 rings (SSSR count). The fourth-order valence-electron chi connectivity index (χ4n) is 2.63. The Morgan fingerprint density at radius 3 is 2.50 bits per heavy atom. The van der Waals surface area contributed by atoms with E-state index >= 15 is 0 Å². The average molecular weight is 350 g/mol. The molecule has 132 valence electrons. The summed E-state index contributed by atoms with van der Waals surface area (Å²) in [6.45, 7) is 0.420. The van der Waals surface area contributed by atoms with E-state index in [0.29, 0.717) is 23.5 Å². The molecule has 0 atom stereocenters. The largest absolute Gasteiger partial charge is 0.494 e. The fraction of sp³-hybridized carbons (Fsp3) is 0.136. The van der Waals surface area contributed by atoms with E-state index in [2.05, 4.69) is 0 Å². The number of ketones is 1. The first-order chi connectivity index (χ1) is 12.7. The van der Waals surface area contributed by atoms with Gasteiger partial charge in [0.05, 0.1) is 7.11 Å². The number of benzene rings is 3. The standard InChI is InChI=1S/C22H19FO3/c1-25-21-12-6-10-18(22(21)23)14-20(24)17-9-5-11-19(13-17)26-15-16-7-3-2-4-8-16/h2-13H,14-15H2,1H3. The minimum absolute atomic E-state index is 0.0365. The molecular formula is C22H19FO3. The molecule has 3 aromatic carbocycles. The van der Waals surface area contributed by atoms with E-state index in [1.165, 1.54) is 13.2 Å². The lowest BCUT2D eigenvalue weighted by molar-refractivity contribution is 0.0991. The van der Waals surface area contributed by atoms with Gasteiger partial charge in [0, 0.05) is 12.0 Å². The van der Waals surface area contributed by atoms with Gasteiger partial charge in [-0.3, -0.25) is 4.79 Å². The molecule has 0 saturated heterocycles. The van der Waals surface area contributed by atoms with E-state index in [9.17, 15) is 9.18 Å². The van der Waals surface area contributed by atoms with Crippen LogP contribution in [0.1, 0.15) is 21.5 Å². The van der Waals surface area contributed by atoms with Crippen LogP contribution in [0.3, 0.4) is 0 Å². The third-order valence-electron chi connectivity index (χ3n) is 4.02. The van der Waals surface area contributed by atoms with E-state index in [1.54, 1.807) is 36.4 Å². The van der Waals surface area contributed by atoms with Crippen LogP contribution in [0.5, 0.6) is 11.5 Å². The van der Waals surface area contributed by atoms with Crippen molar-refractivity contribution in [3.05, 3.63) is 95.3 Å². The molecule has 0 radical (unpaired) electrons. The predicted octanol–water partition coefficient (Wildman–Crippen LogP) is 4.84. The first kappa shape index (κ1) is 17.7. The molecule has 0 aromatic heterocycles. The van der Waals surface area contributed by atoms with Crippen LogP contribution in [-0.2, 0) is 13.0 Å². The topological polar surface area (TPSA) is 35.5 Å². The van der Waals surface area contributed by atoms with Crippen LogP contribution in [0.2, 0.25) is 0 Å². The van der Waals surface area contributed by atoms with Gasteiger partial charge >= 0.3 is 0 Å². The van der Waals surface area contributed by atoms with Gasteiger partial charge in [0.1, 0.15) is 12.4 Å². The molecule has 26 heavy (non-hydrogen) atoms. The molecule has 0 aliphatic heterocycles. The Kier molecular flexibility index (Phi) is 5.64. The van der Waals surface area contributed by atoms with Crippen LogP contribution in [0.15, 0.2) is 72.8 Å². The average Bonchev–Trinajstić information content (AvgIpc) is 2.69. The highest BCUT2D eigenvalue weighted by molar-refractivity contribution is 5.97. The van der Waals surface area contributed by atoms with Gasteiger partial charge in [0.2, 0.25) is 0 Å². The first-order valence-corrected chi connectivity index (χ1v) is 8.29. The molecule has 3 aromatic rings. The summed E-state index contributed by atoms with van der Waals surface area (Å²) in [5.41, 5.74) is 1.84. The molecule has 0 heterocycles. The van der Waals surface area contributed by atoms with Crippen LogP contribution in [0.4, 0.5) is 4.39 Å². The van der Waals surface area contributed by atoms with Crippen molar-refractivity contribution in [2.75, 3.05) is 7.11 Å². The zero-order chi connectivity index (χ0) is 18.4. The summed E-state index contributed by atoms with van der Waals surface area (Å²) in [5, 5.41) is 0. The second kappa shape index (κ2) is 8.30. The van der Waals surface area contributed by atoms with Gasteiger partial charge in [0.15, 0.2) is 17.3 Å². The van der Waals surface area contributed by atoms with E-state index < -0.39 is 5.82 Å². The summed E-state index contributed by atoms with van der Waals surface area (Å²) in [6, 6.07) is 21.5. The summed E-state index contributed by atoms with van der Waals surface area (Å²) in [5.74, 6) is 0.0585. The Morgan fingerprint density at radius 2 is 1.73 bits per heavy atom. The summed E-state index contributed by atoms with van der Waals surface area (Å²) in [6.07, 6.45) is -0.0365. The Balaban J connectivity index is 1.70. The Morgan fingerprint density at radius 1 is 0.962 bits per heavy atom. The number of rotatable bonds is 7. The quantitative estimate of drug-likeness (QED) is 0.572. The van der Waals surface area contributed by atoms with Gasteiger partial charge < -0.3 is 9.47 Å². The van der Waals surface area contributed by atoms with Gasteiger partial charge in [-0.2, -0.15) is 0 Å². The summed E-state index contributed by atoms with van der Waals surface area (Å²) in [4.78, 5) is 12.5. The van der Waals surface area contributed by atoms with Crippen LogP contribution < -0.4 is 9.47 Å². The van der Waals surface area contributed by atoms with Gasteiger partial charge in [0.25, 0.3) is 0 Å². The lowest BCUT2D eigenvalue weighted by atomic mass is 10.0. The third-order valence-corrected chi connectivity index (χ3v) is 4.02. The molecule has 0 N–H and O–H groups in total. The van der Waals surface area contributed by atoms with E-state index in [4.69, 9.17) is 9.47 Å². The highest BCUT2D eigenvalue weighted by Gasteiger charge is 2.14. The zero-order valence-electron chi connectivity index (χ0n) is 14.4. The van der Waals surface area contributed by atoms with Crippen molar-refractivity contribution in [2.24, 2.45) is 0 Å². The number of Topliss-reactive ketones (excluding diaryl/α,β-unsaturated/α-hetero) is 1. The molecule has 0 bridgehead atoms. The highest BCUT2D eigenvalue weighted by Crippen LogP contribution is 2.22. The number of hydrogen-bond donors (Lipinski definition) is 0. The molecule has 0 unspecified atom stereocenters. The summed E-state index contributed by atoms with van der Waals surface area (Å²) >= 11 is 0. The van der Waals surface area contributed by atoms with Crippen molar-refractivity contribution in [1.82, 2.24) is 0 Å². The van der Waals surface area contributed by atoms with Crippen LogP contribution in [-0.4, -0.2) is 12.9 Å². The lowest BCUT2D eigenvalue weighted by Crippen LogP contribution is -2.06. The molecular weight excluding hydrogens is 331 g/mol. The Bertz CT molecular complexity index is 891. The Hall–Kier alpha value is -3.14. The van der Waals surface area contributed by atoms with Crippen molar-refractivity contribution in [1.29, 1.82) is 0 Å². The number of ether oxygens (including phenoxy) is 2. The van der Waals surface area contributed by atoms with Crippen molar-refractivity contribution < 1.29 is 18.7 Å². The SMILES string of the molecule is COc1cccc(CC(=O)c2cccc(OCc3ccccc3)c2)c1F. The van der Waals surface area contributed by atoms with E-state index in [0.717, 1.165) is 5.56 Å². The van der Waals surface area contributed by atoms with E-state index in [1.807, 2.05) is 30.3 Å². The molecule has 0 saturated carbocycles. The minimum atomic E-state index is -0.500. The maximum atomic E-state index is 14.2. The maximum absolute atomic E-state index is 14.2. The maximum Gasteiger partial charge on any atom is 0.168 e. The number of methoxy groups -OCH3 is 1. The van der Waals surface area contributed by atoms with Crippen molar-refractivity contribution in [3.63, 3.8) is 0 Å². The van der Waals surface area contributed by atoms with Crippen molar-refractivity contribution in [3.8, 4) is 11.5 Å².